The van der Waals surface area contributed by atoms with Crippen molar-refractivity contribution in [3.8, 4) is 11.3 Å². The molecular weight excluding hydrogens is 233 g/mol. The molecule has 17 heavy (non-hydrogen) atoms. The number of nitrogens with zero attached hydrogens (tertiary/aromatic N) is 1. The summed E-state index contributed by atoms with van der Waals surface area (Å²) in [6.07, 6.45) is 2.39. The van der Waals surface area contributed by atoms with E-state index in [1.54, 1.807) is 22.9 Å². The molecule has 1 heterocycles. The predicted octanol–water partition coefficient (Wildman–Crippen LogP) is 1.37. The Morgan fingerprint density at radius 1 is 1.24 bits per heavy atom. The summed E-state index contributed by atoms with van der Waals surface area (Å²) >= 11 is 1.54. The van der Waals surface area contributed by atoms with Crippen LogP contribution in [0.3, 0.4) is 0 Å². The van der Waals surface area contributed by atoms with Crippen molar-refractivity contribution >= 4 is 23.9 Å². The summed E-state index contributed by atoms with van der Waals surface area (Å²) < 4.78 is 0. The van der Waals surface area contributed by atoms with Crippen molar-refractivity contribution < 1.29 is 10.0 Å². The van der Waals surface area contributed by atoms with Gasteiger partial charge in [-0.2, -0.15) is 0 Å². The van der Waals surface area contributed by atoms with Gasteiger partial charge in [-0.1, -0.05) is 12.1 Å². The molecule has 0 bridgehead atoms. The Morgan fingerprint density at radius 3 is 2.65 bits per heavy atom. The molecule has 3 nitrogen and oxygen atoms in total. The minimum absolute atomic E-state index is 0.553. The van der Waals surface area contributed by atoms with E-state index < -0.39 is 7.12 Å². The van der Waals surface area contributed by atoms with Crippen LogP contribution in [0.25, 0.3) is 11.3 Å². The highest BCUT2D eigenvalue weighted by atomic mass is 32.1. The Hall–Kier alpha value is -1.17. The summed E-state index contributed by atoms with van der Waals surface area (Å²) in [5.41, 5.74) is 5.41. The van der Waals surface area contributed by atoms with Crippen LogP contribution < -0.4 is 5.46 Å². The summed E-state index contributed by atoms with van der Waals surface area (Å²) in [4.78, 5) is 4.26. The molecule has 2 aromatic rings. The lowest BCUT2D eigenvalue weighted by atomic mass is 9.78. The highest BCUT2D eigenvalue weighted by Crippen LogP contribution is 2.40. The van der Waals surface area contributed by atoms with Crippen LogP contribution in [0, 0.1) is 0 Å². The Kier molecular flexibility index (Phi) is 2.74. The van der Waals surface area contributed by atoms with Crippen LogP contribution in [0.5, 0.6) is 0 Å². The molecule has 1 aliphatic rings. The molecule has 1 aromatic carbocycles. The zero-order valence-electron chi connectivity index (χ0n) is 9.21. The van der Waals surface area contributed by atoms with Gasteiger partial charge in [-0.3, -0.25) is 0 Å². The third-order valence-corrected chi connectivity index (χ3v) is 3.64. The number of aromatic nitrogens is 1. The maximum atomic E-state index is 9.31. The molecule has 0 amide bonds. The van der Waals surface area contributed by atoms with E-state index in [-0.39, 0.29) is 0 Å². The first-order valence-corrected chi connectivity index (χ1v) is 6.58. The molecule has 5 heteroatoms. The molecule has 1 aliphatic carbocycles. The van der Waals surface area contributed by atoms with E-state index in [9.17, 15) is 10.0 Å². The summed E-state index contributed by atoms with van der Waals surface area (Å²) in [5.74, 6) is 0.589. The van der Waals surface area contributed by atoms with Gasteiger partial charge in [0.05, 0.1) is 11.2 Å². The second kappa shape index (κ2) is 4.25. The van der Waals surface area contributed by atoms with Gasteiger partial charge < -0.3 is 10.0 Å². The summed E-state index contributed by atoms with van der Waals surface area (Å²) in [7, 11) is -1.41. The molecule has 0 radical (unpaired) electrons. The predicted molar refractivity (Wildman–Crippen MR) is 69.4 cm³/mol. The van der Waals surface area contributed by atoms with Crippen molar-refractivity contribution in [2.24, 2.45) is 0 Å². The van der Waals surface area contributed by atoms with Gasteiger partial charge in [0, 0.05) is 10.9 Å². The van der Waals surface area contributed by atoms with Crippen molar-refractivity contribution in [3.63, 3.8) is 0 Å². The van der Waals surface area contributed by atoms with Crippen molar-refractivity contribution in [2.75, 3.05) is 0 Å². The molecule has 0 spiro atoms. The van der Waals surface area contributed by atoms with E-state index in [4.69, 9.17) is 0 Å². The fourth-order valence-corrected chi connectivity index (χ4v) is 2.54. The minimum atomic E-state index is -1.41. The molecule has 0 atom stereocenters. The summed E-state index contributed by atoms with van der Waals surface area (Å²) in [6, 6.07) is 5.79. The van der Waals surface area contributed by atoms with Gasteiger partial charge in [0.15, 0.2) is 0 Å². The van der Waals surface area contributed by atoms with Crippen molar-refractivity contribution in [2.45, 2.75) is 18.8 Å². The van der Waals surface area contributed by atoms with E-state index in [1.807, 2.05) is 11.4 Å². The smallest absolute Gasteiger partial charge is 0.423 e. The van der Waals surface area contributed by atoms with E-state index in [0.717, 1.165) is 11.3 Å². The number of thiazole rings is 1. The van der Waals surface area contributed by atoms with E-state index in [2.05, 4.69) is 11.1 Å². The molecule has 0 unspecified atom stereocenters. The lowest BCUT2D eigenvalue weighted by Crippen LogP contribution is -2.30. The second-order valence-corrected chi connectivity index (χ2v) is 5.13. The highest BCUT2D eigenvalue weighted by Gasteiger charge is 2.25. The molecule has 0 saturated heterocycles. The van der Waals surface area contributed by atoms with E-state index in [0.29, 0.717) is 11.4 Å². The Labute approximate surface area is 104 Å². The fraction of sp³-hybridized carbons (Fsp3) is 0.250. The number of hydrogen-bond donors (Lipinski definition) is 2. The van der Waals surface area contributed by atoms with Gasteiger partial charge in [-0.25, -0.2) is 4.98 Å². The summed E-state index contributed by atoms with van der Waals surface area (Å²) in [6.45, 7) is 0. The highest BCUT2D eigenvalue weighted by molar-refractivity contribution is 7.07. The summed E-state index contributed by atoms with van der Waals surface area (Å²) in [5, 5.41) is 20.6. The average Bonchev–Trinajstić information content (AvgIpc) is 3.04. The van der Waals surface area contributed by atoms with Gasteiger partial charge in [0.1, 0.15) is 0 Å². The molecule has 1 saturated carbocycles. The molecular formula is C12H12BNO2S. The number of rotatable bonds is 3. The first-order valence-electron chi connectivity index (χ1n) is 5.63. The molecule has 1 aromatic heterocycles. The first kappa shape index (κ1) is 11.0. The fourth-order valence-electron chi connectivity index (χ4n) is 1.98. The SMILES string of the molecule is OB(O)c1cc(-c2cscn2)cc(C2CC2)c1. The average molecular weight is 245 g/mol. The molecule has 86 valence electrons. The van der Waals surface area contributed by atoms with Crippen molar-refractivity contribution in [1.29, 1.82) is 0 Å². The molecule has 2 N–H and O–H groups in total. The van der Waals surface area contributed by atoms with Gasteiger partial charge in [0.25, 0.3) is 0 Å². The Balaban J connectivity index is 2.08. The Morgan fingerprint density at radius 2 is 2.06 bits per heavy atom. The van der Waals surface area contributed by atoms with Crippen LogP contribution in [0.1, 0.15) is 24.3 Å². The van der Waals surface area contributed by atoms with Crippen LogP contribution in [-0.2, 0) is 0 Å². The zero-order chi connectivity index (χ0) is 11.8. The van der Waals surface area contributed by atoms with Crippen LogP contribution in [0.4, 0.5) is 0 Å². The molecule has 1 fully saturated rings. The molecule has 3 rings (SSSR count). The maximum absolute atomic E-state index is 9.31. The van der Waals surface area contributed by atoms with Crippen LogP contribution in [-0.4, -0.2) is 22.2 Å². The van der Waals surface area contributed by atoms with Crippen LogP contribution >= 0.6 is 11.3 Å². The largest absolute Gasteiger partial charge is 0.488 e. The number of benzene rings is 1. The van der Waals surface area contributed by atoms with Crippen LogP contribution in [0.15, 0.2) is 29.1 Å². The van der Waals surface area contributed by atoms with Gasteiger partial charge in [0.2, 0.25) is 0 Å². The van der Waals surface area contributed by atoms with Gasteiger partial charge in [-0.15, -0.1) is 11.3 Å². The lowest BCUT2D eigenvalue weighted by Gasteiger charge is -2.07. The zero-order valence-corrected chi connectivity index (χ0v) is 10.0. The standard InChI is InChI=1S/C12H12BNO2S/c15-13(16)11-4-9(8-1-2-8)3-10(5-11)12-6-17-7-14-12/h3-8,15-16H,1-2H2. The topological polar surface area (TPSA) is 53.4 Å². The second-order valence-electron chi connectivity index (χ2n) is 4.41. The monoisotopic (exact) mass is 245 g/mol. The number of hydrogen-bond acceptors (Lipinski definition) is 4. The Bertz CT molecular complexity index is 503. The quantitative estimate of drug-likeness (QED) is 0.803. The normalized spacial score (nSPS) is 14.9. The maximum Gasteiger partial charge on any atom is 0.488 e. The van der Waals surface area contributed by atoms with E-state index >= 15 is 0 Å². The third-order valence-electron chi connectivity index (χ3n) is 3.05. The lowest BCUT2D eigenvalue weighted by molar-refractivity contribution is 0.425. The first-order chi connectivity index (χ1) is 8.24. The molecule has 0 aliphatic heterocycles. The van der Waals surface area contributed by atoms with E-state index in [1.165, 1.54) is 18.4 Å². The van der Waals surface area contributed by atoms with Gasteiger partial charge in [-0.05, 0) is 35.9 Å². The van der Waals surface area contributed by atoms with Crippen molar-refractivity contribution in [1.82, 2.24) is 4.98 Å². The minimum Gasteiger partial charge on any atom is -0.423 e. The third kappa shape index (κ3) is 2.27. The van der Waals surface area contributed by atoms with Crippen molar-refractivity contribution in [3.05, 3.63) is 34.7 Å². The van der Waals surface area contributed by atoms with Gasteiger partial charge >= 0.3 is 7.12 Å². The van der Waals surface area contributed by atoms with Crippen LogP contribution in [0.2, 0.25) is 0 Å².